The fraction of sp³-hybridized carbons (Fsp3) is 0.600. The normalized spacial score (nSPS) is 17.8. The van der Waals surface area contributed by atoms with Gasteiger partial charge in [0, 0.05) is 38.4 Å². The van der Waals surface area contributed by atoms with Gasteiger partial charge in [-0.25, -0.2) is 4.39 Å². The van der Waals surface area contributed by atoms with Gasteiger partial charge < -0.3 is 25.3 Å². The number of anilines is 2. The summed E-state index contributed by atoms with van der Waals surface area (Å²) in [5.41, 5.74) is 1.23. The Morgan fingerprint density at radius 1 is 1.29 bits per heavy atom. The highest BCUT2D eigenvalue weighted by Crippen LogP contribution is 2.23. The second-order valence-electron chi connectivity index (χ2n) is 5.30. The van der Waals surface area contributed by atoms with Crippen LogP contribution in [0.5, 0.6) is 0 Å². The first kappa shape index (κ1) is 16.0. The molecule has 1 aliphatic heterocycles. The summed E-state index contributed by atoms with van der Waals surface area (Å²) in [5, 5.41) is 20.8. The Kier molecular flexibility index (Phi) is 5.78. The molecule has 0 radical (unpaired) electrons. The summed E-state index contributed by atoms with van der Waals surface area (Å²) in [6.45, 7) is 6.80. The lowest BCUT2D eigenvalue weighted by Crippen LogP contribution is -2.46. The van der Waals surface area contributed by atoms with Gasteiger partial charge in [0.25, 0.3) is 0 Å². The standard InChI is InChI=1S/C15H24FN3O2/c1-2-18-5-7-19(8-6-18)12-3-4-15(14(16)9-12)17-10-13(21)11-20/h3-4,9,13,17,20-21H,2,5-8,10-11H2,1H3. The Bertz CT molecular complexity index is 451. The number of hydrogen-bond acceptors (Lipinski definition) is 5. The molecule has 6 heteroatoms. The molecule has 0 spiro atoms. The molecule has 1 fully saturated rings. The highest BCUT2D eigenvalue weighted by atomic mass is 19.1. The third-order valence-electron chi connectivity index (χ3n) is 3.88. The van der Waals surface area contributed by atoms with E-state index in [0.717, 1.165) is 38.4 Å². The fourth-order valence-electron chi connectivity index (χ4n) is 2.46. The maximum absolute atomic E-state index is 14.1. The molecule has 0 saturated carbocycles. The second-order valence-corrected chi connectivity index (χ2v) is 5.30. The molecule has 3 N–H and O–H groups in total. The molecule has 1 aromatic carbocycles. The zero-order valence-corrected chi connectivity index (χ0v) is 12.4. The summed E-state index contributed by atoms with van der Waals surface area (Å²) in [6, 6.07) is 5.09. The predicted molar refractivity (Wildman–Crippen MR) is 82.3 cm³/mol. The van der Waals surface area contributed by atoms with Gasteiger partial charge >= 0.3 is 0 Å². The Morgan fingerprint density at radius 3 is 2.57 bits per heavy atom. The number of rotatable bonds is 6. The van der Waals surface area contributed by atoms with Gasteiger partial charge in [-0.05, 0) is 24.7 Å². The summed E-state index contributed by atoms with van der Waals surface area (Å²) in [7, 11) is 0. The van der Waals surface area contributed by atoms with E-state index in [1.165, 1.54) is 6.07 Å². The average Bonchev–Trinajstić information content (AvgIpc) is 2.53. The molecule has 1 saturated heterocycles. The maximum atomic E-state index is 14.1. The molecule has 0 bridgehead atoms. The van der Waals surface area contributed by atoms with Crippen LogP contribution in [-0.2, 0) is 0 Å². The van der Waals surface area contributed by atoms with E-state index in [1.807, 2.05) is 6.07 Å². The Hall–Kier alpha value is -1.37. The fourth-order valence-corrected chi connectivity index (χ4v) is 2.46. The first-order chi connectivity index (χ1) is 10.1. The number of aliphatic hydroxyl groups excluding tert-OH is 2. The van der Waals surface area contributed by atoms with Crippen LogP contribution in [0.3, 0.4) is 0 Å². The topological polar surface area (TPSA) is 59.0 Å². The van der Waals surface area contributed by atoms with Crippen LogP contribution in [0.25, 0.3) is 0 Å². The zero-order chi connectivity index (χ0) is 15.2. The van der Waals surface area contributed by atoms with Crippen LogP contribution >= 0.6 is 0 Å². The maximum Gasteiger partial charge on any atom is 0.148 e. The minimum absolute atomic E-state index is 0.127. The Morgan fingerprint density at radius 2 is 2.00 bits per heavy atom. The quantitative estimate of drug-likeness (QED) is 0.723. The van der Waals surface area contributed by atoms with Crippen molar-refractivity contribution in [2.75, 3.05) is 56.1 Å². The lowest BCUT2D eigenvalue weighted by molar-refractivity contribution is 0.105. The van der Waals surface area contributed by atoms with Crippen LogP contribution < -0.4 is 10.2 Å². The largest absolute Gasteiger partial charge is 0.394 e. The van der Waals surface area contributed by atoms with Crippen molar-refractivity contribution in [1.29, 1.82) is 0 Å². The van der Waals surface area contributed by atoms with Gasteiger partial charge in [-0.15, -0.1) is 0 Å². The summed E-state index contributed by atoms with van der Waals surface area (Å²) < 4.78 is 14.1. The number of benzene rings is 1. The van der Waals surface area contributed by atoms with E-state index in [4.69, 9.17) is 5.11 Å². The van der Waals surface area contributed by atoms with Crippen LogP contribution in [0.4, 0.5) is 15.8 Å². The molecule has 2 rings (SSSR count). The van der Waals surface area contributed by atoms with Crippen LogP contribution in [0.15, 0.2) is 18.2 Å². The first-order valence-electron chi connectivity index (χ1n) is 7.43. The summed E-state index contributed by atoms with van der Waals surface area (Å²) in [6.07, 6.45) is -0.883. The number of halogens is 1. The van der Waals surface area contributed by atoms with E-state index in [1.54, 1.807) is 6.07 Å². The number of hydrogen-bond donors (Lipinski definition) is 3. The molecule has 21 heavy (non-hydrogen) atoms. The van der Waals surface area contributed by atoms with E-state index in [9.17, 15) is 9.50 Å². The first-order valence-corrected chi connectivity index (χ1v) is 7.43. The molecule has 1 aromatic rings. The van der Waals surface area contributed by atoms with Crippen molar-refractivity contribution in [1.82, 2.24) is 4.90 Å². The number of aliphatic hydroxyl groups is 2. The van der Waals surface area contributed by atoms with E-state index >= 15 is 0 Å². The lowest BCUT2D eigenvalue weighted by Gasteiger charge is -2.35. The third-order valence-corrected chi connectivity index (χ3v) is 3.88. The number of likely N-dealkylation sites (N-methyl/N-ethyl adjacent to an activating group) is 1. The smallest absolute Gasteiger partial charge is 0.148 e. The van der Waals surface area contributed by atoms with E-state index in [-0.39, 0.29) is 19.0 Å². The minimum Gasteiger partial charge on any atom is -0.394 e. The Balaban J connectivity index is 1.95. The van der Waals surface area contributed by atoms with E-state index in [2.05, 4.69) is 22.0 Å². The van der Waals surface area contributed by atoms with Crippen molar-refractivity contribution < 1.29 is 14.6 Å². The van der Waals surface area contributed by atoms with Gasteiger partial charge in [0.2, 0.25) is 0 Å². The molecular formula is C15H24FN3O2. The average molecular weight is 297 g/mol. The number of nitrogens with zero attached hydrogens (tertiary/aromatic N) is 2. The van der Waals surface area contributed by atoms with Gasteiger partial charge in [-0.1, -0.05) is 6.92 Å². The highest BCUT2D eigenvalue weighted by molar-refractivity contribution is 5.56. The van der Waals surface area contributed by atoms with Gasteiger partial charge in [0.05, 0.1) is 18.4 Å². The molecule has 0 amide bonds. The van der Waals surface area contributed by atoms with Crippen molar-refractivity contribution in [3.63, 3.8) is 0 Å². The molecule has 5 nitrogen and oxygen atoms in total. The van der Waals surface area contributed by atoms with E-state index in [0.29, 0.717) is 5.69 Å². The third kappa shape index (κ3) is 4.30. The van der Waals surface area contributed by atoms with Crippen molar-refractivity contribution in [2.45, 2.75) is 13.0 Å². The molecule has 1 aliphatic rings. The summed E-state index contributed by atoms with van der Waals surface area (Å²) in [4.78, 5) is 4.56. The molecular weight excluding hydrogens is 273 g/mol. The molecule has 0 aliphatic carbocycles. The summed E-state index contributed by atoms with van der Waals surface area (Å²) in [5.74, 6) is -0.337. The van der Waals surface area contributed by atoms with Crippen LogP contribution in [0.1, 0.15) is 6.92 Å². The molecule has 1 atom stereocenters. The molecule has 1 unspecified atom stereocenters. The van der Waals surface area contributed by atoms with E-state index < -0.39 is 6.10 Å². The lowest BCUT2D eigenvalue weighted by atomic mass is 10.2. The van der Waals surface area contributed by atoms with Crippen molar-refractivity contribution >= 4 is 11.4 Å². The van der Waals surface area contributed by atoms with Crippen LogP contribution in [0, 0.1) is 5.82 Å². The minimum atomic E-state index is -0.883. The van der Waals surface area contributed by atoms with Gasteiger partial charge in [-0.2, -0.15) is 0 Å². The second kappa shape index (κ2) is 7.59. The van der Waals surface area contributed by atoms with Crippen molar-refractivity contribution in [3.8, 4) is 0 Å². The van der Waals surface area contributed by atoms with Crippen LogP contribution in [-0.4, -0.2) is 67.1 Å². The molecule has 0 aromatic heterocycles. The van der Waals surface area contributed by atoms with Gasteiger partial charge in [0.1, 0.15) is 5.82 Å². The highest BCUT2D eigenvalue weighted by Gasteiger charge is 2.17. The number of nitrogens with one attached hydrogen (secondary N) is 1. The molecule has 118 valence electrons. The summed E-state index contributed by atoms with van der Waals surface area (Å²) >= 11 is 0. The SMILES string of the molecule is CCN1CCN(c2ccc(NCC(O)CO)c(F)c2)CC1. The van der Waals surface area contributed by atoms with Crippen LogP contribution in [0.2, 0.25) is 0 Å². The Labute approximate surface area is 125 Å². The van der Waals surface area contributed by atoms with Crippen molar-refractivity contribution in [3.05, 3.63) is 24.0 Å². The van der Waals surface area contributed by atoms with Gasteiger partial charge in [0.15, 0.2) is 0 Å². The predicted octanol–water partition coefficient (Wildman–Crippen LogP) is 0.733. The monoisotopic (exact) mass is 297 g/mol. The van der Waals surface area contributed by atoms with Gasteiger partial charge in [-0.3, -0.25) is 0 Å². The molecule has 1 heterocycles. The zero-order valence-electron chi connectivity index (χ0n) is 12.4. The van der Waals surface area contributed by atoms with Crippen molar-refractivity contribution in [2.24, 2.45) is 0 Å². The number of piperazine rings is 1.